The molecule has 2 rings (SSSR count). The number of unbranched alkanes of at least 4 members (excludes halogenated alkanes) is 4. The highest BCUT2D eigenvalue weighted by atomic mass is 16.4. The minimum atomic E-state index is -0.995. The Morgan fingerprint density at radius 2 is 1.83 bits per heavy atom. The highest BCUT2D eigenvalue weighted by molar-refractivity contribution is 5.86. The fourth-order valence-corrected chi connectivity index (χ4v) is 2.70. The van der Waals surface area contributed by atoms with E-state index in [9.17, 15) is 9.90 Å². The molecule has 2 aromatic rings. The molecule has 0 spiro atoms. The highest BCUT2D eigenvalue weighted by Gasteiger charge is 2.18. The molecule has 1 aromatic carbocycles. The van der Waals surface area contributed by atoms with E-state index < -0.39 is 5.97 Å². The Labute approximate surface area is 137 Å². The predicted molar refractivity (Wildman–Crippen MR) is 89.6 cm³/mol. The lowest BCUT2D eigenvalue weighted by atomic mass is 10.1. The van der Waals surface area contributed by atoms with Gasteiger partial charge < -0.3 is 5.11 Å². The van der Waals surface area contributed by atoms with Crippen LogP contribution in [0.2, 0.25) is 0 Å². The van der Waals surface area contributed by atoms with Crippen molar-refractivity contribution in [2.24, 2.45) is 0 Å². The van der Waals surface area contributed by atoms with Gasteiger partial charge >= 0.3 is 5.97 Å². The molecule has 0 unspecified atom stereocenters. The van der Waals surface area contributed by atoms with Crippen LogP contribution >= 0.6 is 0 Å². The fourth-order valence-electron chi connectivity index (χ4n) is 2.70. The molecule has 0 aliphatic heterocycles. The molecule has 124 valence electrons. The van der Waals surface area contributed by atoms with E-state index in [1.165, 1.54) is 24.8 Å². The van der Waals surface area contributed by atoms with Gasteiger partial charge in [-0.2, -0.15) is 0 Å². The zero-order chi connectivity index (χ0) is 16.5. The molecular weight excluding hydrogens is 290 g/mol. The number of carbonyl (C=O) groups is 1. The number of aromatic carboxylic acids is 1. The van der Waals surface area contributed by atoms with Crippen molar-refractivity contribution in [3.05, 3.63) is 47.3 Å². The van der Waals surface area contributed by atoms with Crippen LogP contribution in [0.3, 0.4) is 0 Å². The van der Waals surface area contributed by atoms with Crippen LogP contribution in [-0.2, 0) is 19.4 Å². The minimum Gasteiger partial charge on any atom is -0.476 e. The third-order valence-corrected chi connectivity index (χ3v) is 4.01. The number of hydrogen-bond donors (Lipinski definition) is 1. The van der Waals surface area contributed by atoms with Crippen LogP contribution in [0.25, 0.3) is 0 Å². The molecule has 0 fully saturated rings. The van der Waals surface area contributed by atoms with E-state index in [2.05, 4.69) is 29.4 Å². The van der Waals surface area contributed by atoms with E-state index in [0.29, 0.717) is 6.42 Å². The highest BCUT2D eigenvalue weighted by Crippen LogP contribution is 2.13. The molecule has 0 saturated heterocycles. The Kier molecular flexibility index (Phi) is 6.78. The molecule has 1 N–H and O–H groups in total. The van der Waals surface area contributed by atoms with Crippen LogP contribution in [0.1, 0.15) is 60.8 Å². The second-order valence-corrected chi connectivity index (χ2v) is 5.81. The van der Waals surface area contributed by atoms with Crippen LogP contribution in [0.5, 0.6) is 0 Å². The maximum atomic E-state index is 11.3. The normalized spacial score (nSPS) is 10.8. The van der Waals surface area contributed by atoms with Crippen LogP contribution < -0.4 is 0 Å². The maximum absolute atomic E-state index is 11.3. The van der Waals surface area contributed by atoms with E-state index in [0.717, 1.165) is 31.5 Å². The largest absolute Gasteiger partial charge is 0.476 e. The maximum Gasteiger partial charge on any atom is 0.358 e. The van der Waals surface area contributed by atoms with Crippen LogP contribution in [0.4, 0.5) is 0 Å². The van der Waals surface area contributed by atoms with Gasteiger partial charge in [-0.1, -0.05) is 68.2 Å². The quantitative estimate of drug-likeness (QED) is 0.678. The van der Waals surface area contributed by atoms with Gasteiger partial charge in [0.15, 0.2) is 5.69 Å². The Morgan fingerprint density at radius 1 is 1.09 bits per heavy atom. The summed E-state index contributed by atoms with van der Waals surface area (Å²) in [7, 11) is 0. The third-order valence-electron chi connectivity index (χ3n) is 4.01. The summed E-state index contributed by atoms with van der Waals surface area (Å²) in [6, 6.07) is 10.1. The molecule has 0 saturated carbocycles. The van der Waals surface area contributed by atoms with Gasteiger partial charge in [-0.15, -0.1) is 5.10 Å². The van der Waals surface area contributed by atoms with Gasteiger partial charge in [-0.25, -0.2) is 9.48 Å². The summed E-state index contributed by atoms with van der Waals surface area (Å²) in [5.41, 5.74) is 2.02. The molecule has 23 heavy (non-hydrogen) atoms. The summed E-state index contributed by atoms with van der Waals surface area (Å²) in [5.74, 6) is -0.995. The number of rotatable bonds is 10. The van der Waals surface area contributed by atoms with Gasteiger partial charge in [0.2, 0.25) is 0 Å². The average molecular weight is 315 g/mol. The van der Waals surface area contributed by atoms with Crippen molar-refractivity contribution in [2.45, 2.75) is 58.4 Å². The van der Waals surface area contributed by atoms with Gasteiger partial charge in [-0.3, -0.25) is 0 Å². The summed E-state index contributed by atoms with van der Waals surface area (Å²) >= 11 is 0. The van der Waals surface area contributed by atoms with E-state index in [1.807, 2.05) is 18.2 Å². The second kappa shape index (κ2) is 9.08. The molecule has 0 atom stereocenters. The summed E-state index contributed by atoms with van der Waals surface area (Å²) in [6.07, 6.45) is 7.29. The van der Waals surface area contributed by atoms with E-state index in [-0.39, 0.29) is 5.69 Å². The standard InChI is InChI=1S/C18H25N3O2/c1-2-3-4-5-9-14-21-16(17(18(22)23)19-20-21)13-12-15-10-7-6-8-11-15/h6-8,10-11H,2-5,9,12-14H2,1H3,(H,22,23). The predicted octanol–water partition coefficient (Wildman–Crippen LogP) is 3.73. The van der Waals surface area contributed by atoms with Gasteiger partial charge in [0.1, 0.15) is 0 Å². The lowest BCUT2D eigenvalue weighted by Gasteiger charge is -2.07. The summed E-state index contributed by atoms with van der Waals surface area (Å²) < 4.78 is 1.78. The Hall–Kier alpha value is -2.17. The number of benzene rings is 1. The number of carboxylic acids is 1. The van der Waals surface area contributed by atoms with Crippen molar-refractivity contribution in [1.29, 1.82) is 0 Å². The number of aromatic nitrogens is 3. The van der Waals surface area contributed by atoms with Crippen molar-refractivity contribution in [1.82, 2.24) is 15.0 Å². The minimum absolute atomic E-state index is 0.0921. The molecule has 1 aromatic heterocycles. The van der Waals surface area contributed by atoms with Crippen molar-refractivity contribution in [3.8, 4) is 0 Å². The monoisotopic (exact) mass is 315 g/mol. The first-order valence-corrected chi connectivity index (χ1v) is 8.42. The van der Waals surface area contributed by atoms with Gasteiger partial charge in [-0.05, 0) is 24.8 Å². The van der Waals surface area contributed by atoms with E-state index in [4.69, 9.17) is 0 Å². The lowest BCUT2D eigenvalue weighted by molar-refractivity contribution is 0.0689. The summed E-state index contributed by atoms with van der Waals surface area (Å²) in [6.45, 7) is 2.94. The van der Waals surface area contributed by atoms with Crippen molar-refractivity contribution < 1.29 is 9.90 Å². The van der Waals surface area contributed by atoms with Gasteiger partial charge in [0, 0.05) is 6.54 Å². The van der Waals surface area contributed by atoms with Crippen LogP contribution in [0, 0.1) is 0 Å². The first kappa shape index (κ1) is 17.2. The Morgan fingerprint density at radius 3 is 2.52 bits per heavy atom. The number of aryl methyl sites for hydroxylation is 2. The molecule has 0 aliphatic rings. The summed E-state index contributed by atoms with van der Waals surface area (Å²) in [5, 5.41) is 17.2. The molecule has 5 nitrogen and oxygen atoms in total. The molecule has 5 heteroatoms. The SMILES string of the molecule is CCCCCCCn1nnc(C(=O)O)c1CCc1ccccc1. The second-order valence-electron chi connectivity index (χ2n) is 5.81. The third kappa shape index (κ3) is 5.20. The first-order chi connectivity index (χ1) is 11.2. The number of carboxylic acid groups (broad SMARTS) is 1. The van der Waals surface area contributed by atoms with Crippen LogP contribution in [0.15, 0.2) is 30.3 Å². The smallest absolute Gasteiger partial charge is 0.358 e. The molecule has 0 aliphatic carbocycles. The molecule has 0 bridgehead atoms. The van der Waals surface area contributed by atoms with Crippen LogP contribution in [-0.4, -0.2) is 26.1 Å². The zero-order valence-electron chi connectivity index (χ0n) is 13.7. The topological polar surface area (TPSA) is 68.0 Å². The van der Waals surface area contributed by atoms with Gasteiger partial charge in [0.05, 0.1) is 5.69 Å². The molecular formula is C18H25N3O2. The average Bonchev–Trinajstić information content (AvgIpc) is 2.97. The number of hydrogen-bond acceptors (Lipinski definition) is 3. The molecule has 0 radical (unpaired) electrons. The molecule has 0 amide bonds. The summed E-state index contributed by atoms with van der Waals surface area (Å²) in [4.78, 5) is 11.3. The molecule has 1 heterocycles. The van der Waals surface area contributed by atoms with E-state index in [1.54, 1.807) is 4.68 Å². The van der Waals surface area contributed by atoms with Crippen molar-refractivity contribution >= 4 is 5.97 Å². The lowest BCUT2D eigenvalue weighted by Crippen LogP contribution is -2.10. The number of nitrogens with zero attached hydrogens (tertiary/aromatic N) is 3. The van der Waals surface area contributed by atoms with Gasteiger partial charge in [0.25, 0.3) is 0 Å². The Bertz CT molecular complexity index is 608. The zero-order valence-corrected chi connectivity index (χ0v) is 13.7. The van der Waals surface area contributed by atoms with E-state index >= 15 is 0 Å². The Balaban J connectivity index is 1.99. The first-order valence-electron chi connectivity index (χ1n) is 8.42. The fraction of sp³-hybridized carbons (Fsp3) is 0.500. The van der Waals surface area contributed by atoms with Crippen molar-refractivity contribution in [2.75, 3.05) is 0 Å². The van der Waals surface area contributed by atoms with Crippen molar-refractivity contribution in [3.63, 3.8) is 0 Å².